The first kappa shape index (κ1) is 22.1. The molecule has 0 spiro atoms. The van der Waals surface area contributed by atoms with Gasteiger partial charge in [-0.25, -0.2) is 14.2 Å². The molecule has 2 unspecified atom stereocenters. The van der Waals surface area contributed by atoms with E-state index in [9.17, 15) is 19.1 Å². The molecule has 0 fully saturated rings. The van der Waals surface area contributed by atoms with E-state index in [4.69, 9.17) is 9.47 Å². The van der Waals surface area contributed by atoms with Crippen LogP contribution in [0.3, 0.4) is 0 Å². The molecule has 1 amide bonds. The summed E-state index contributed by atoms with van der Waals surface area (Å²) in [5.41, 5.74) is 1.38. The first-order chi connectivity index (χ1) is 13.6. The van der Waals surface area contributed by atoms with E-state index >= 15 is 0 Å². The van der Waals surface area contributed by atoms with Crippen LogP contribution in [0.5, 0.6) is 11.5 Å². The summed E-state index contributed by atoms with van der Waals surface area (Å²) in [5.74, 6) is -2.19. The molecule has 1 aromatic carbocycles. The SMILES string of the molecule is COc1ccnc(C(=O)N[C@@H](C)C(=O)OC(C)C(C)c2ccc(F)cc2C)c1O. The number of hydrogen-bond acceptors (Lipinski definition) is 6. The highest BCUT2D eigenvalue weighted by Crippen LogP contribution is 2.28. The fraction of sp³-hybridized carbons (Fsp3) is 0.381. The highest BCUT2D eigenvalue weighted by atomic mass is 19.1. The number of ether oxygens (including phenoxy) is 2. The third-order valence-corrected chi connectivity index (χ3v) is 4.75. The average molecular weight is 404 g/mol. The normalized spacial score (nSPS) is 13.9. The Morgan fingerprint density at radius 2 is 1.90 bits per heavy atom. The van der Waals surface area contributed by atoms with E-state index in [0.29, 0.717) is 0 Å². The highest BCUT2D eigenvalue weighted by Gasteiger charge is 2.26. The van der Waals surface area contributed by atoms with Gasteiger partial charge in [-0.3, -0.25) is 4.79 Å². The second-order valence-electron chi connectivity index (χ2n) is 6.84. The van der Waals surface area contributed by atoms with Crippen molar-refractivity contribution < 1.29 is 28.6 Å². The molecule has 0 aliphatic heterocycles. The number of aromatic nitrogens is 1. The number of methoxy groups -OCH3 is 1. The number of hydrogen-bond donors (Lipinski definition) is 2. The number of carbonyl (C=O) groups excluding carboxylic acids is 2. The molecule has 29 heavy (non-hydrogen) atoms. The minimum Gasteiger partial charge on any atom is -0.503 e. The number of halogens is 1. The van der Waals surface area contributed by atoms with E-state index in [1.54, 1.807) is 19.9 Å². The van der Waals surface area contributed by atoms with Crippen molar-refractivity contribution in [3.8, 4) is 11.5 Å². The Kier molecular flexibility index (Phi) is 7.14. The summed E-state index contributed by atoms with van der Waals surface area (Å²) in [7, 11) is 1.35. The molecule has 0 radical (unpaired) electrons. The van der Waals surface area contributed by atoms with Crippen molar-refractivity contribution in [3.05, 3.63) is 53.1 Å². The number of rotatable bonds is 7. The summed E-state index contributed by atoms with van der Waals surface area (Å²) in [4.78, 5) is 28.6. The maximum Gasteiger partial charge on any atom is 0.328 e. The van der Waals surface area contributed by atoms with Gasteiger partial charge in [0.05, 0.1) is 7.11 Å². The fourth-order valence-electron chi connectivity index (χ4n) is 2.88. The average Bonchev–Trinajstić information content (AvgIpc) is 2.67. The fourth-order valence-corrected chi connectivity index (χ4v) is 2.88. The van der Waals surface area contributed by atoms with Crippen LogP contribution >= 0.6 is 0 Å². The zero-order valence-corrected chi connectivity index (χ0v) is 17.0. The van der Waals surface area contributed by atoms with E-state index in [-0.39, 0.29) is 23.2 Å². The third-order valence-electron chi connectivity index (χ3n) is 4.75. The second-order valence-corrected chi connectivity index (χ2v) is 6.84. The second kappa shape index (κ2) is 9.36. The van der Waals surface area contributed by atoms with Crippen LogP contribution in [0, 0.1) is 12.7 Å². The van der Waals surface area contributed by atoms with Crippen LogP contribution in [0.4, 0.5) is 4.39 Å². The van der Waals surface area contributed by atoms with Crippen molar-refractivity contribution in [1.29, 1.82) is 0 Å². The van der Waals surface area contributed by atoms with Crippen molar-refractivity contribution in [2.45, 2.75) is 45.8 Å². The highest BCUT2D eigenvalue weighted by molar-refractivity contribution is 5.97. The van der Waals surface area contributed by atoms with E-state index in [2.05, 4.69) is 10.3 Å². The van der Waals surface area contributed by atoms with Crippen molar-refractivity contribution >= 4 is 11.9 Å². The van der Waals surface area contributed by atoms with E-state index in [1.807, 2.05) is 6.92 Å². The molecule has 0 aliphatic rings. The molecule has 0 saturated heterocycles. The molecule has 0 saturated carbocycles. The molecule has 3 atom stereocenters. The number of pyridine rings is 1. The maximum atomic E-state index is 13.3. The lowest BCUT2D eigenvalue weighted by Crippen LogP contribution is -2.41. The van der Waals surface area contributed by atoms with Gasteiger partial charge in [0.25, 0.3) is 5.91 Å². The first-order valence-corrected chi connectivity index (χ1v) is 9.15. The monoisotopic (exact) mass is 404 g/mol. The number of aromatic hydroxyl groups is 1. The van der Waals surface area contributed by atoms with E-state index in [0.717, 1.165) is 11.1 Å². The Balaban J connectivity index is 2.02. The number of aryl methyl sites for hydroxylation is 1. The first-order valence-electron chi connectivity index (χ1n) is 9.15. The number of carbonyl (C=O) groups is 2. The molecule has 0 aliphatic carbocycles. The maximum absolute atomic E-state index is 13.3. The molecule has 1 aromatic heterocycles. The molecule has 2 rings (SSSR count). The van der Waals surface area contributed by atoms with Gasteiger partial charge >= 0.3 is 5.97 Å². The molecule has 0 bridgehead atoms. The van der Waals surface area contributed by atoms with Crippen molar-refractivity contribution in [2.24, 2.45) is 0 Å². The Hall–Kier alpha value is -3.16. The minimum atomic E-state index is -0.973. The summed E-state index contributed by atoms with van der Waals surface area (Å²) >= 11 is 0. The summed E-state index contributed by atoms with van der Waals surface area (Å²) in [6.45, 7) is 6.87. The molecule has 156 valence electrons. The molecule has 2 aromatic rings. The zero-order valence-electron chi connectivity index (χ0n) is 17.0. The lowest BCUT2D eigenvalue weighted by atomic mass is 9.92. The molecular weight excluding hydrogens is 379 g/mol. The number of amides is 1. The molecule has 8 heteroatoms. The van der Waals surface area contributed by atoms with Gasteiger partial charge < -0.3 is 19.9 Å². The number of esters is 1. The van der Waals surface area contributed by atoms with Crippen molar-refractivity contribution in [2.75, 3.05) is 7.11 Å². The van der Waals surface area contributed by atoms with Crippen LogP contribution in [0.15, 0.2) is 30.5 Å². The third kappa shape index (κ3) is 5.22. The van der Waals surface area contributed by atoms with Gasteiger partial charge in [-0.1, -0.05) is 13.0 Å². The standard InChI is InChI=1S/C21H25FN2O5/c1-11-10-15(22)6-7-16(11)12(2)14(4)29-21(27)13(3)24-20(26)18-19(25)17(28-5)8-9-23-18/h6-10,12-14,25H,1-5H3,(H,24,26)/t12?,13-,14?/m0/s1. The van der Waals surface area contributed by atoms with E-state index < -0.39 is 29.8 Å². The summed E-state index contributed by atoms with van der Waals surface area (Å²) in [6, 6.07) is 4.89. The zero-order chi connectivity index (χ0) is 21.7. The topological polar surface area (TPSA) is 97.8 Å². The van der Waals surface area contributed by atoms with Gasteiger partial charge in [-0.05, 0) is 44.0 Å². The largest absolute Gasteiger partial charge is 0.503 e. The lowest BCUT2D eigenvalue weighted by molar-refractivity contribution is -0.151. The van der Waals surface area contributed by atoms with Crippen LogP contribution < -0.4 is 10.1 Å². The van der Waals surface area contributed by atoms with Crippen LogP contribution in [-0.2, 0) is 9.53 Å². The Morgan fingerprint density at radius 3 is 2.52 bits per heavy atom. The Bertz CT molecular complexity index is 903. The molecule has 1 heterocycles. The number of nitrogens with zero attached hydrogens (tertiary/aromatic N) is 1. The summed E-state index contributed by atoms with van der Waals surface area (Å²) in [5, 5.41) is 12.5. The minimum absolute atomic E-state index is 0.0949. The van der Waals surface area contributed by atoms with Gasteiger partial charge in [-0.15, -0.1) is 0 Å². The van der Waals surface area contributed by atoms with Crippen LogP contribution in [0.2, 0.25) is 0 Å². The van der Waals surface area contributed by atoms with Gasteiger partial charge in [0, 0.05) is 18.2 Å². The van der Waals surface area contributed by atoms with Crippen LogP contribution in [-0.4, -0.2) is 41.2 Å². The quantitative estimate of drug-likeness (QED) is 0.688. The Morgan fingerprint density at radius 1 is 1.21 bits per heavy atom. The predicted molar refractivity (Wildman–Crippen MR) is 104 cm³/mol. The molecule has 2 N–H and O–H groups in total. The number of nitrogens with one attached hydrogen (secondary N) is 1. The van der Waals surface area contributed by atoms with Gasteiger partial charge in [0.15, 0.2) is 17.2 Å². The smallest absolute Gasteiger partial charge is 0.328 e. The van der Waals surface area contributed by atoms with Crippen molar-refractivity contribution in [3.63, 3.8) is 0 Å². The summed E-state index contributed by atoms with van der Waals surface area (Å²) < 4.78 is 23.7. The van der Waals surface area contributed by atoms with E-state index in [1.165, 1.54) is 38.4 Å². The van der Waals surface area contributed by atoms with Crippen molar-refractivity contribution in [1.82, 2.24) is 10.3 Å². The van der Waals surface area contributed by atoms with Gasteiger partial charge in [-0.2, -0.15) is 0 Å². The van der Waals surface area contributed by atoms with Gasteiger partial charge in [0.2, 0.25) is 0 Å². The summed E-state index contributed by atoms with van der Waals surface area (Å²) in [6.07, 6.45) is 0.806. The van der Waals surface area contributed by atoms with Crippen LogP contribution in [0.25, 0.3) is 0 Å². The number of benzene rings is 1. The van der Waals surface area contributed by atoms with Crippen LogP contribution in [0.1, 0.15) is 48.3 Å². The van der Waals surface area contributed by atoms with Gasteiger partial charge in [0.1, 0.15) is 18.0 Å². The lowest BCUT2D eigenvalue weighted by Gasteiger charge is -2.24. The Labute approximate surface area is 168 Å². The molecular formula is C21H25FN2O5. The predicted octanol–water partition coefficient (Wildman–Crippen LogP) is 3.10. The molecule has 7 nitrogen and oxygen atoms in total.